The van der Waals surface area contributed by atoms with Gasteiger partial charge in [-0.05, 0) is 43.3 Å². The Labute approximate surface area is 157 Å². The number of nitrogens with one attached hydrogen (secondary N) is 1. The molecule has 0 aliphatic carbocycles. The third kappa shape index (κ3) is 3.29. The summed E-state index contributed by atoms with van der Waals surface area (Å²) in [5.74, 6) is 0.124. The minimum Gasteiger partial charge on any atom is -0.330 e. The highest BCUT2D eigenvalue weighted by Gasteiger charge is 2.17. The van der Waals surface area contributed by atoms with Gasteiger partial charge in [0.15, 0.2) is 11.5 Å². The van der Waals surface area contributed by atoms with Crippen molar-refractivity contribution >= 4 is 34.0 Å². The van der Waals surface area contributed by atoms with E-state index in [1.165, 1.54) is 23.7 Å². The monoisotopic (exact) mass is 386 g/mol. The maximum atomic E-state index is 13.5. The van der Waals surface area contributed by atoms with Gasteiger partial charge in [-0.1, -0.05) is 28.9 Å². The highest BCUT2D eigenvalue weighted by molar-refractivity contribution is 7.09. The van der Waals surface area contributed by atoms with Gasteiger partial charge in [0.25, 0.3) is 0 Å². The first-order valence-corrected chi connectivity index (χ1v) is 8.80. The van der Waals surface area contributed by atoms with Crippen molar-refractivity contribution < 1.29 is 4.39 Å². The van der Waals surface area contributed by atoms with Crippen LogP contribution in [0.1, 0.15) is 5.69 Å². The first-order valence-electron chi connectivity index (χ1n) is 7.65. The molecule has 0 spiro atoms. The summed E-state index contributed by atoms with van der Waals surface area (Å²) in [4.78, 5) is 4.45. The maximum Gasteiger partial charge on any atom is 0.207 e. The van der Waals surface area contributed by atoms with E-state index in [1.54, 1.807) is 28.9 Å². The van der Waals surface area contributed by atoms with Crippen LogP contribution in [0.5, 0.6) is 0 Å². The average molecular weight is 387 g/mol. The molecule has 0 unspecified atom stereocenters. The van der Waals surface area contributed by atoms with Gasteiger partial charge in [-0.2, -0.15) is 9.36 Å². The van der Waals surface area contributed by atoms with Crippen molar-refractivity contribution in [2.24, 2.45) is 0 Å². The highest BCUT2D eigenvalue weighted by atomic mass is 35.5. The van der Waals surface area contributed by atoms with Crippen LogP contribution < -0.4 is 5.32 Å². The van der Waals surface area contributed by atoms with Crippen LogP contribution in [0, 0.1) is 12.7 Å². The number of hydrogen-bond acceptors (Lipinski definition) is 6. The van der Waals surface area contributed by atoms with E-state index < -0.39 is 0 Å². The summed E-state index contributed by atoms with van der Waals surface area (Å²) >= 11 is 7.19. The van der Waals surface area contributed by atoms with Crippen molar-refractivity contribution in [3.63, 3.8) is 0 Å². The summed E-state index contributed by atoms with van der Waals surface area (Å²) in [5.41, 5.74) is 2.68. The predicted molar refractivity (Wildman–Crippen MR) is 99.7 cm³/mol. The zero-order chi connectivity index (χ0) is 18.1. The fraction of sp³-hybridized carbons (Fsp3) is 0.0588. The smallest absolute Gasteiger partial charge is 0.207 e. The summed E-state index contributed by atoms with van der Waals surface area (Å²) < 4.78 is 19.3. The maximum absolute atomic E-state index is 13.5. The molecule has 26 heavy (non-hydrogen) atoms. The number of hydrogen-bond donors (Lipinski definition) is 1. The molecule has 0 radical (unpaired) electrons. The highest BCUT2D eigenvalue weighted by Crippen LogP contribution is 2.26. The van der Waals surface area contributed by atoms with Crippen molar-refractivity contribution in [3.8, 4) is 17.2 Å². The van der Waals surface area contributed by atoms with Crippen LogP contribution in [0.2, 0.25) is 5.02 Å². The number of anilines is 2. The molecule has 6 nitrogen and oxygen atoms in total. The Kier molecular flexibility index (Phi) is 4.36. The van der Waals surface area contributed by atoms with Crippen LogP contribution in [0.3, 0.4) is 0 Å². The van der Waals surface area contributed by atoms with E-state index >= 15 is 0 Å². The van der Waals surface area contributed by atoms with Crippen LogP contribution in [-0.4, -0.2) is 24.4 Å². The number of rotatable bonds is 4. The second-order valence-electron chi connectivity index (χ2n) is 5.47. The van der Waals surface area contributed by atoms with Crippen LogP contribution in [0.25, 0.3) is 17.2 Å². The van der Waals surface area contributed by atoms with Crippen molar-refractivity contribution in [2.75, 3.05) is 5.32 Å². The van der Waals surface area contributed by atoms with Gasteiger partial charge in [0, 0.05) is 22.2 Å². The van der Waals surface area contributed by atoms with Gasteiger partial charge in [0.05, 0.1) is 11.4 Å². The number of halogens is 2. The molecule has 2 heterocycles. The molecular weight excluding hydrogens is 375 g/mol. The van der Waals surface area contributed by atoms with E-state index in [2.05, 4.69) is 25.0 Å². The Bertz CT molecular complexity index is 1080. The van der Waals surface area contributed by atoms with Gasteiger partial charge in [-0.3, -0.25) is 0 Å². The molecule has 2 aromatic carbocycles. The van der Waals surface area contributed by atoms with Gasteiger partial charge in [0.1, 0.15) is 5.82 Å². The van der Waals surface area contributed by atoms with Crippen molar-refractivity contribution in [2.45, 2.75) is 6.92 Å². The topological polar surface area (TPSA) is 68.5 Å². The second kappa shape index (κ2) is 6.81. The third-order valence-electron chi connectivity index (χ3n) is 3.66. The summed E-state index contributed by atoms with van der Waals surface area (Å²) in [5, 5.41) is 12.6. The SMILES string of the molecule is Cc1c(-c2nsc(Nc3cccc(Cl)c3)n2)nnn1-c1cccc(F)c1. The number of nitrogens with zero attached hydrogens (tertiary/aromatic N) is 5. The lowest BCUT2D eigenvalue weighted by Gasteiger charge is -2.03. The van der Waals surface area contributed by atoms with Crippen LogP contribution in [-0.2, 0) is 0 Å². The Morgan fingerprint density at radius 3 is 2.81 bits per heavy atom. The summed E-state index contributed by atoms with van der Waals surface area (Å²) in [6, 6.07) is 13.5. The van der Waals surface area contributed by atoms with E-state index in [0.29, 0.717) is 27.4 Å². The predicted octanol–water partition coefficient (Wildman–Crippen LogP) is 4.63. The van der Waals surface area contributed by atoms with Crippen molar-refractivity contribution in [3.05, 3.63) is 65.1 Å². The summed E-state index contributed by atoms with van der Waals surface area (Å²) in [6.07, 6.45) is 0. The quantitative estimate of drug-likeness (QED) is 0.553. The summed E-state index contributed by atoms with van der Waals surface area (Å²) in [7, 11) is 0. The minimum atomic E-state index is -0.334. The van der Waals surface area contributed by atoms with Gasteiger partial charge in [-0.15, -0.1) is 5.10 Å². The van der Waals surface area contributed by atoms with Gasteiger partial charge >= 0.3 is 0 Å². The molecule has 4 aromatic rings. The summed E-state index contributed by atoms with van der Waals surface area (Å²) in [6.45, 7) is 1.84. The third-order valence-corrected chi connectivity index (χ3v) is 4.53. The lowest BCUT2D eigenvalue weighted by Crippen LogP contribution is -1.99. The Hall–Kier alpha value is -2.84. The Morgan fingerprint density at radius 1 is 1.15 bits per heavy atom. The lowest BCUT2D eigenvalue weighted by molar-refractivity contribution is 0.624. The molecule has 0 aliphatic rings. The molecule has 2 aromatic heterocycles. The van der Waals surface area contributed by atoms with Crippen LogP contribution in [0.4, 0.5) is 15.2 Å². The standard InChI is InChI=1S/C17H12ClFN6S/c1-10-15(22-24-25(10)14-7-3-5-12(19)9-14)16-21-17(26-23-16)20-13-6-2-4-11(18)8-13/h2-9H,1H3,(H,20,21,23). The first kappa shape index (κ1) is 16.6. The van der Waals surface area contributed by atoms with E-state index in [-0.39, 0.29) is 5.82 Å². The van der Waals surface area contributed by atoms with E-state index in [1.807, 2.05) is 19.1 Å². The molecule has 0 atom stereocenters. The molecule has 0 saturated carbocycles. The molecule has 0 saturated heterocycles. The first-order chi connectivity index (χ1) is 12.6. The zero-order valence-electron chi connectivity index (χ0n) is 13.5. The van der Waals surface area contributed by atoms with Crippen molar-refractivity contribution in [1.82, 2.24) is 24.4 Å². The molecular formula is C17H12ClFN6S. The molecule has 9 heteroatoms. The van der Waals surface area contributed by atoms with Gasteiger partial charge in [-0.25, -0.2) is 9.07 Å². The van der Waals surface area contributed by atoms with Crippen LogP contribution >= 0.6 is 23.1 Å². The van der Waals surface area contributed by atoms with E-state index in [0.717, 1.165) is 11.4 Å². The van der Waals surface area contributed by atoms with Gasteiger partial charge in [0.2, 0.25) is 5.13 Å². The van der Waals surface area contributed by atoms with Crippen LogP contribution in [0.15, 0.2) is 48.5 Å². The molecule has 0 amide bonds. The largest absolute Gasteiger partial charge is 0.330 e. The van der Waals surface area contributed by atoms with Gasteiger partial charge < -0.3 is 5.32 Å². The fourth-order valence-corrected chi connectivity index (χ4v) is 3.23. The fourth-order valence-electron chi connectivity index (χ4n) is 2.45. The number of benzene rings is 2. The molecule has 1 N–H and O–H groups in total. The molecule has 0 fully saturated rings. The zero-order valence-corrected chi connectivity index (χ0v) is 15.1. The van der Waals surface area contributed by atoms with E-state index in [4.69, 9.17) is 11.6 Å². The minimum absolute atomic E-state index is 0.334. The number of aromatic nitrogens is 5. The Balaban J connectivity index is 1.62. The molecule has 4 rings (SSSR count). The van der Waals surface area contributed by atoms with Crippen molar-refractivity contribution in [1.29, 1.82) is 0 Å². The Morgan fingerprint density at radius 2 is 2.00 bits per heavy atom. The lowest BCUT2D eigenvalue weighted by atomic mass is 10.3. The molecule has 0 aliphatic heterocycles. The molecule has 130 valence electrons. The molecule has 0 bridgehead atoms. The van der Waals surface area contributed by atoms with E-state index in [9.17, 15) is 4.39 Å². The normalized spacial score (nSPS) is 10.9. The second-order valence-corrected chi connectivity index (χ2v) is 6.66. The average Bonchev–Trinajstić information content (AvgIpc) is 3.21.